The van der Waals surface area contributed by atoms with E-state index in [1.165, 1.54) is 64.0 Å². The first-order chi connectivity index (χ1) is 10.3. The van der Waals surface area contributed by atoms with E-state index in [-0.39, 0.29) is 0 Å². The third kappa shape index (κ3) is 4.29. The van der Waals surface area contributed by atoms with E-state index in [2.05, 4.69) is 40.1 Å². The first-order valence-corrected chi connectivity index (χ1v) is 8.55. The van der Waals surface area contributed by atoms with Crippen LogP contribution >= 0.6 is 0 Å². The summed E-state index contributed by atoms with van der Waals surface area (Å²) in [7, 11) is 0. The predicted octanol–water partition coefficient (Wildman–Crippen LogP) is 2.32. The molecule has 1 saturated heterocycles. The number of hydrogen-bond donors (Lipinski definition) is 1. The van der Waals surface area contributed by atoms with E-state index >= 15 is 0 Å². The maximum absolute atomic E-state index is 6.29. The van der Waals surface area contributed by atoms with Gasteiger partial charge in [-0.25, -0.2) is 0 Å². The standard InChI is InChI=1S/C18H29N3/c19-18-9-5-4-8-17(18)15-21-12-10-20(11-13-21)14-16-6-2-1-3-7-16/h1-3,6-7,17-18H,4-5,8-15,19H2. The highest BCUT2D eigenvalue weighted by Gasteiger charge is 2.25. The average Bonchev–Trinajstić information content (AvgIpc) is 2.52. The van der Waals surface area contributed by atoms with Crippen LogP contribution in [0, 0.1) is 5.92 Å². The highest BCUT2D eigenvalue weighted by molar-refractivity contribution is 5.14. The second-order valence-corrected chi connectivity index (χ2v) is 6.77. The molecule has 2 unspecified atom stereocenters. The van der Waals surface area contributed by atoms with Gasteiger partial charge in [0.15, 0.2) is 0 Å². The molecule has 0 bridgehead atoms. The lowest BCUT2D eigenvalue weighted by molar-refractivity contribution is 0.100. The normalized spacial score (nSPS) is 28.6. The van der Waals surface area contributed by atoms with Crippen LogP contribution in [0.25, 0.3) is 0 Å². The van der Waals surface area contributed by atoms with E-state index < -0.39 is 0 Å². The van der Waals surface area contributed by atoms with E-state index in [1.807, 2.05) is 0 Å². The molecule has 3 heteroatoms. The van der Waals surface area contributed by atoms with Crippen molar-refractivity contribution in [3.8, 4) is 0 Å². The van der Waals surface area contributed by atoms with E-state index in [0.717, 1.165) is 12.5 Å². The van der Waals surface area contributed by atoms with Crippen LogP contribution in [0.5, 0.6) is 0 Å². The Balaban J connectivity index is 1.42. The topological polar surface area (TPSA) is 32.5 Å². The second-order valence-electron chi connectivity index (χ2n) is 6.77. The van der Waals surface area contributed by atoms with Gasteiger partial charge >= 0.3 is 0 Å². The summed E-state index contributed by atoms with van der Waals surface area (Å²) in [5.74, 6) is 0.736. The molecule has 1 saturated carbocycles. The van der Waals surface area contributed by atoms with Crippen molar-refractivity contribution >= 4 is 0 Å². The van der Waals surface area contributed by atoms with Crippen LogP contribution in [0.4, 0.5) is 0 Å². The third-order valence-corrected chi connectivity index (χ3v) is 5.17. The molecule has 1 aromatic rings. The van der Waals surface area contributed by atoms with Gasteiger partial charge in [-0.05, 0) is 24.3 Å². The summed E-state index contributed by atoms with van der Waals surface area (Å²) in [6, 6.07) is 11.3. The van der Waals surface area contributed by atoms with Gasteiger partial charge in [-0.1, -0.05) is 43.2 Å². The molecule has 2 atom stereocenters. The number of nitrogens with zero attached hydrogens (tertiary/aromatic N) is 2. The molecule has 1 aliphatic heterocycles. The minimum absolute atomic E-state index is 0.445. The molecule has 2 fully saturated rings. The predicted molar refractivity (Wildman–Crippen MR) is 88.1 cm³/mol. The van der Waals surface area contributed by atoms with Gasteiger partial charge in [0.2, 0.25) is 0 Å². The van der Waals surface area contributed by atoms with E-state index in [4.69, 9.17) is 5.73 Å². The molecule has 0 radical (unpaired) electrons. The Labute approximate surface area is 129 Å². The van der Waals surface area contributed by atoms with Crippen LogP contribution in [0.3, 0.4) is 0 Å². The molecule has 1 aliphatic carbocycles. The van der Waals surface area contributed by atoms with Crippen LogP contribution in [-0.4, -0.2) is 48.6 Å². The molecule has 0 aromatic heterocycles. The van der Waals surface area contributed by atoms with Gasteiger partial charge in [-0.3, -0.25) is 4.90 Å². The minimum atomic E-state index is 0.445. The number of nitrogens with two attached hydrogens (primary N) is 1. The fourth-order valence-corrected chi connectivity index (χ4v) is 3.77. The Morgan fingerprint density at radius 2 is 1.57 bits per heavy atom. The van der Waals surface area contributed by atoms with Gasteiger partial charge in [0, 0.05) is 45.3 Å². The van der Waals surface area contributed by atoms with Crippen molar-refractivity contribution in [1.82, 2.24) is 9.80 Å². The van der Waals surface area contributed by atoms with Crippen molar-refractivity contribution in [1.29, 1.82) is 0 Å². The average molecular weight is 287 g/mol. The molecule has 1 heterocycles. The summed E-state index contributed by atoms with van der Waals surface area (Å²) >= 11 is 0. The van der Waals surface area contributed by atoms with Gasteiger partial charge in [0.05, 0.1) is 0 Å². The van der Waals surface area contributed by atoms with Crippen molar-refractivity contribution in [2.24, 2.45) is 11.7 Å². The smallest absolute Gasteiger partial charge is 0.0234 e. The number of benzene rings is 1. The van der Waals surface area contributed by atoms with Gasteiger partial charge < -0.3 is 10.6 Å². The molecular weight excluding hydrogens is 258 g/mol. The zero-order valence-electron chi connectivity index (χ0n) is 13.1. The SMILES string of the molecule is NC1CCCCC1CN1CCN(Cc2ccccc2)CC1. The second kappa shape index (κ2) is 7.39. The van der Waals surface area contributed by atoms with Crippen LogP contribution in [0.2, 0.25) is 0 Å². The summed E-state index contributed by atoms with van der Waals surface area (Å²) in [6.45, 7) is 7.11. The maximum atomic E-state index is 6.29. The van der Waals surface area contributed by atoms with Gasteiger partial charge in [0.1, 0.15) is 0 Å². The summed E-state index contributed by atoms with van der Waals surface area (Å²) in [4.78, 5) is 5.21. The Hall–Kier alpha value is -0.900. The Kier molecular flexibility index (Phi) is 5.28. The van der Waals surface area contributed by atoms with E-state index in [1.54, 1.807) is 0 Å². The molecule has 0 spiro atoms. The first-order valence-electron chi connectivity index (χ1n) is 8.55. The van der Waals surface area contributed by atoms with Crippen molar-refractivity contribution in [3.63, 3.8) is 0 Å². The lowest BCUT2D eigenvalue weighted by Crippen LogP contribution is -2.49. The number of rotatable bonds is 4. The minimum Gasteiger partial charge on any atom is -0.327 e. The lowest BCUT2D eigenvalue weighted by Gasteiger charge is -2.38. The molecule has 116 valence electrons. The van der Waals surface area contributed by atoms with Crippen LogP contribution in [0.15, 0.2) is 30.3 Å². The molecule has 2 N–H and O–H groups in total. The van der Waals surface area contributed by atoms with Gasteiger partial charge in [-0.15, -0.1) is 0 Å². The first kappa shape index (κ1) is 15.0. The maximum Gasteiger partial charge on any atom is 0.0234 e. The van der Waals surface area contributed by atoms with Crippen molar-refractivity contribution in [2.75, 3.05) is 32.7 Å². The van der Waals surface area contributed by atoms with Crippen LogP contribution in [-0.2, 0) is 6.54 Å². The molecule has 1 aromatic carbocycles. The van der Waals surface area contributed by atoms with E-state index in [9.17, 15) is 0 Å². The van der Waals surface area contributed by atoms with Crippen molar-refractivity contribution in [2.45, 2.75) is 38.3 Å². The molecule has 3 nitrogen and oxygen atoms in total. The zero-order chi connectivity index (χ0) is 14.5. The summed E-state index contributed by atoms with van der Waals surface area (Å²) in [5, 5.41) is 0. The van der Waals surface area contributed by atoms with Gasteiger partial charge in [0.25, 0.3) is 0 Å². The molecule has 2 aliphatic rings. The Morgan fingerprint density at radius 3 is 2.29 bits per heavy atom. The molecular formula is C18H29N3. The molecule has 0 amide bonds. The van der Waals surface area contributed by atoms with Crippen molar-refractivity contribution in [3.05, 3.63) is 35.9 Å². The summed E-state index contributed by atoms with van der Waals surface area (Å²) in [5.41, 5.74) is 7.72. The third-order valence-electron chi connectivity index (χ3n) is 5.17. The zero-order valence-corrected chi connectivity index (χ0v) is 13.1. The number of piperazine rings is 1. The summed E-state index contributed by atoms with van der Waals surface area (Å²) in [6.07, 6.45) is 5.29. The van der Waals surface area contributed by atoms with E-state index in [0.29, 0.717) is 6.04 Å². The largest absolute Gasteiger partial charge is 0.327 e. The van der Waals surface area contributed by atoms with Crippen LogP contribution < -0.4 is 5.73 Å². The lowest BCUT2D eigenvalue weighted by atomic mass is 9.84. The summed E-state index contributed by atoms with van der Waals surface area (Å²) < 4.78 is 0. The van der Waals surface area contributed by atoms with Crippen LogP contribution in [0.1, 0.15) is 31.2 Å². The Morgan fingerprint density at radius 1 is 0.905 bits per heavy atom. The monoisotopic (exact) mass is 287 g/mol. The van der Waals surface area contributed by atoms with Gasteiger partial charge in [-0.2, -0.15) is 0 Å². The molecule has 21 heavy (non-hydrogen) atoms. The Bertz CT molecular complexity index is 412. The fourth-order valence-electron chi connectivity index (χ4n) is 3.77. The number of hydrogen-bond acceptors (Lipinski definition) is 3. The quantitative estimate of drug-likeness (QED) is 0.922. The molecule has 3 rings (SSSR count). The fraction of sp³-hybridized carbons (Fsp3) is 0.667. The van der Waals surface area contributed by atoms with Crippen molar-refractivity contribution < 1.29 is 0 Å². The highest BCUT2D eigenvalue weighted by atomic mass is 15.3. The highest BCUT2D eigenvalue weighted by Crippen LogP contribution is 2.24.